The predicted octanol–water partition coefficient (Wildman–Crippen LogP) is 1.91. The van der Waals surface area contributed by atoms with E-state index in [4.69, 9.17) is 0 Å². The van der Waals surface area contributed by atoms with E-state index in [-0.39, 0.29) is 24.8 Å². The monoisotopic (exact) mass is 444 g/mol. The fourth-order valence-corrected chi connectivity index (χ4v) is 5.61. The second kappa shape index (κ2) is 9.50. The highest BCUT2D eigenvalue weighted by atomic mass is 35.5. The highest BCUT2D eigenvalue weighted by Crippen LogP contribution is 2.50. The highest BCUT2D eigenvalue weighted by Gasteiger charge is 2.57. The van der Waals surface area contributed by atoms with Crippen LogP contribution in [0, 0.1) is 17.8 Å². The topological polar surface area (TPSA) is 66.3 Å². The van der Waals surface area contributed by atoms with E-state index in [0.29, 0.717) is 29.6 Å². The Bertz CT molecular complexity index is 689. The summed E-state index contributed by atoms with van der Waals surface area (Å²) in [6.45, 7) is 10.3. The summed E-state index contributed by atoms with van der Waals surface area (Å²) < 4.78 is 2.33. The minimum atomic E-state index is 0. The van der Waals surface area contributed by atoms with Gasteiger partial charge in [-0.05, 0) is 70.6 Å². The molecule has 9 heteroatoms. The van der Waals surface area contributed by atoms with Crippen molar-refractivity contribution in [3.63, 3.8) is 0 Å². The maximum atomic E-state index is 12.8. The Balaban J connectivity index is 0.00000120. The average Bonchev–Trinajstić information content (AvgIpc) is 3.19. The van der Waals surface area contributed by atoms with Crippen molar-refractivity contribution in [2.75, 3.05) is 39.3 Å². The Morgan fingerprint density at radius 3 is 2.31 bits per heavy atom. The Labute approximate surface area is 185 Å². The summed E-state index contributed by atoms with van der Waals surface area (Å²) in [6.07, 6.45) is 4.65. The molecule has 3 atom stereocenters. The first kappa shape index (κ1) is 22.8. The molecule has 1 saturated carbocycles. The number of carbonyl (C=O) groups is 1. The van der Waals surface area contributed by atoms with E-state index in [2.05, 4.69) is 36.8 Å². The number of piperidine rings is 2. The van der Waals surface area contributed by atoms with Crippen molar-refractivity contribution in [3.05, 3.63) is 11.6 Å². The second-order valence-corrected chi connectivity index (χ2v) is 8.81. The lowest BCUT2D eigenvalue weighted by Gasteiger charge is -2.32. The summed E-state index contributed by atoms with van der Waals surface area (Å²) >= 11 is 0. The number of hydrogen-bond acceptors (Lipinski definition) is 5. The minimum Gasteiger partial charge on any atom is -0.342 e. The lowest BCUT2D eigenvalue weighted by Crippen LogP contribution is -2.40. The minimum absolute atomic E-state index is 0. The van der Waals surface area contributed by atoms with E-state index in [0.717, 1.165) is 63.8 Å². The van der Waals surface area contributed by atoms with Crippen LogP contribution in [0.3, 0.4) is 0 Å². The molecule has 0 bridgehead atoms. The molecular formula is C20H34Cl2N6O. The van der Waals surface area contributed by atoms with E-state index < -0.39 is 0 Å². The third-order valence-electron chi connectivity index (χ3n) is 7.28. The molecule has 0 spiro atoms. The summed E-state index contributed by atoms with van der Waals surface area (Å²) in [5.41, 5.74) is 0. The van der Waals surface area contributed by atoms with Crippen LogP contribution < -0.4 is 5.32 Å². The molecule has 3 saturated heterocycles. The molecule has 1 aromatic heterocycles. The number of nitrogens with zero attached hydrogens (tertiary/aromatic N) is 5. The van der Waals surface area contributed by atoms with Gasteiger partial charge in [0.05, 0.1) is 6.54 Å². The zero-order valence-corrected chi connectivity index (χ0v) is 18.9. The van der Waals surface area contributed by atoms with Gasteiger partial charge >= 0.3 is 0 Å². The van der Waals surface area contributed by atoms with Gasteiger partial charge in [0.1, 0.15) is 11.6 Å². The second-order valence-electron chi connectivity index (χ2n) is 8.81. The van der Waals surface area contributed by atoms with Crippen LogP contribution in [0.2, 0.25) is 0 Å². The zero-order chi connectivity index (χ0) is 18.4. The van der Waals surface area contributed by atoms with Crippen LogP contribution in [0.25, 0.3) is 0 Å². The van der Waals surface area contributed by atoms with Gasteiger partial charge in [0.25, 0.3) is 0 Å². The van der Waals surface area contributed by atoms with Crippen molar-refractivity contribution in [1.29, 1.82) is 0 Å². The van der Waals surface area contributed by atoms with Gasteiger partial charge in [-0.15, -0.1) is 35.0 Å². The van der Waals surface area contributed by atoms with Crippen LogP contribution >= 0.6 is 24.8 Å². The molecule has 164 valence electrons. The Hall–Kier alpha value is -0.890. The van der Waals surface area contributed by atoms with Gasteiger partial charge in [-0.1, -0.05) is 0 Å². The molecule has 0 aromatic carbocycles. The van der Waals surface area contributed by atoms with Crippen molar-refractivity contribution >= 4 is 30.7 Å². The molecule has 5 rings (SSSR count). The number of likely N-dealkylation sites (tertiary alicyclic amines) is 2. The van der Waals surface area contributed by atoms with Crippen molar-refractivity contribution in [1.82, 2.24) is 29.9 Å². The molecule has 4 fully saturated rings. The van der Waals surface area contributed by atoms with E-state index in [1.54, 1.807) is 0 Å². The third kappa shape index (κ3) is 4.29. The van der Waals surface area contributed by atoms with Crippen LogP contribution in [0.1, 0.15) is 50.2 Å². The Morgan fingerprint density at radius 2 is 1.69 bits per heavy atom. The molecule has 29 heavy (non-hydrogen) atoms. The summed E-state index contributed by atoms with van der Waals surface area (Å²) in [4.78, 5) is 17.4. The first-order valence-electron chi connectivity index (χ1n) is 10.9. The third-order valence-corrected chi connectivity index (χ3v) is 7.28. The molecule has 3 aliphatic heterocycles. The average molecular weight is 445 g/mol. The number of nitrogens with one attached hydrogen (secondary N) is 1. The van der Waals surface area contributed by atoms with E-state index in [1.165, 1.54) is 25.9 Å². The lowest BCUT2D eigenvalue weighted by molar-refractivity contribution is -0.134. The number of hydrogen-bond donors (Lipinski definition) is 1. The maximum Gasteiger partial charge on any atom is 0.226 e. The van der Waals surface area contributed by atoms with E-state index >= 15 is 0 Å². The molecule has 1 amide bonds. The van der Waals surface area contributed by atoms with Crippen LogP contribution in [0.4, 0.5) is 0 Å². The van der Waals surface area contributed by atoms with Gasteiger partial charge in [0.15, 0.2) is 0 Å². The fourth-order valence-electron chi connectivity index (χ4n) is 5.61. The molecule has 7 nitrogen and oxygen atoms in total. The summed E-state index contributed by atoms with van der Waals surface area (Å²) in [7, 11) is 0. The normalized spacial score (nSPS) is 29.3. The lowest BCUT2D eigenvalue weighted by atomic mass is 9.95. The summed E-state index contributed by atoms with van der Waals surface area (Å²) in [5.74, 6) is 4.66. The number of rotatable bonds is 5. The first-order valence-corrected chi connectivity index (χ1v) is 10.9. The molecule has 1 aromatic rings. The van der Waals surface area contributed by atoms with Gasteiger partial charge in [-0.25, -0.2) is 0 Å². The SMILES string of the molecule is CCn1c(CN2CCCC2)nnc1C1CCN(C(=O)C2[C@H]3CNC[C@@H]23)CC1.Cl.Cl. The van der Waals surface area contributed by atoms with E-state index in [9.17, 15) is 4.79 Å². The molecular weight excluding hydrogens is 411 g/mol. The van der Waals surface area contributed by atoms with Gasteiger partial charge in [-0.2, -0.15) is 0 Å². The highest BCUT2D eigenvalue weighted by molar-refractivity contribution is 5.85. The molecule has 4 heterocycles. The summed E-state index contributed by atoms with van der Waals surface area (Å²) in [5, 5.41) is 12.5. The van der Waals surface area contributed by atoms with E-state index in [1.807, 2.05) is 0 Å². The summed E-state index contributed by atoms with van der Waals surface area (Å²) in [6, 6.07) is 0. The van der Waals surface area contributed by atoms with Gasteiger partial charge in [0, 0.05) is 31.5 Å². The fraction of sp³-hybridized carbons (Fsp3) is 0.850. The number of amides is 1. The zero-order valence-electron chi connectivity index (χ0n) is 17.3. The standard InChI is InChI=1S/C20H32N6O.2ClH/c1-2-26-17(13-24-7-3-4-8-24)22-23-19(26)14-5-9-25(10-6-14)20(27)18-15-11-21-12-16(15)18;;/h14-16,18,21H,2-13H2,1H3;2*1H/t15-,16+,18?;;. The van der Waals surface area contributed by atoms with Crippen LogP contribution in [0.15, 0.2) is 0 Å². The number of carbonyl (C=O) groups excluding carboxylic acids is 1. The van der Waals surface area contributed by atoms with Crippen molar-refractivity contribution in [3.8, 4) is 0 Å². The first-order chi connectivity index (χ1) is 13.3. The van der Waals surface area contributed by atoms with Gasteiger partial charge in [-0.3, -0.25) is 9.69 Å². The van der Waals surface area contributed by atoms with Crippen LogP contribution in [-0.2, 0) is 17.9 Å². The Morgan fingerprint density at radius 1 is 1.03 bits per heavy atom. The smallest absolute Gasteiger partial charge is 0.226 e. The van der Waals surface area contributed by atoms with Crippen molar-refractivity contribution < 1.29 is 4.79 Å². The largest absolute Gasteiger partial charge is 0.342 e. The van der Waals surface area contributed by atoms with Crippen molar-refractivity contribution in [2.45, 2.75) is 51.6 Å². The maximum absolute atomic E-state index is 12.8. The van der Waals surface area contributed by atoms with Crippen LogP contribution in [0.5, 0.6) is 0 Å². The van der Waals surface area contributed by atoms with Gasteiger partial charge in [0.2, 0.25) is 5.91 Å². The van der Waals surface area contributed by atoms with Crippen LogP contribution in [-0.4, -0.2) is 69.7 Å². The van der Waals surface area contributed by atoms with Crippen molar-refractivity contribution in [2.24, 2.45) is 17.8 Å². The number of fused-ring (bicyclic) bond motifs is 1. The Kier molecular flexibility index (Phi) is 7.46. The predicted molar refractivity (Wildman–Crippen MR) is 117 cm³/mol. The quantitative estimate of drug-likeness (QED) is 0.750. The molecule has 1 unspecified atom stereocenters. The number of halogens is 2. The molecule has 1 aliphatic carbocycles. The molecule has 4 aliphatic rings. The molecule has 0 radical (unpaired) electrons. The molecule has 1 N–H and O–H groups in total. The number of aromatic nitrogens is 3. The van der Waals surface area contributed by atoms with Gasteiger partial charge < -0.3 is 14.8 Å².